The maximum absolute atomic E-state index is 13.0. The summed E-state index contributed by atoms with van der Waals surface area (Å²) in [6.45, 7) is 1.49. The zero-order valence-electron chi connectivity index (χ0n) is 12.9. The summed E-state index contributed by atoms with van der Waals surface area (Å²) in [7, 11) is 1.96. The number of nitrogens with zero attached hydrogens (tertiary/aromatic N) is 1. The molecule has 0 bridgehead atoms. The Morgan fingerprint density at radius 1 is 1.35 bits per heavy atom. The fourth-order valence-corrected chi connectivity index (χ4v) is 2.37. The third-order valence-electron chi connectivity index (χ3n) is 3.51. The Balaban J connectivity index is 0.00000242. The Morgan fingerprint density at radius 3 is 2.57 bits per heavy atom. The first-order valence-electron chi connectivity index (χ1n) is 7.08. The average molecular weight is 370 g/mol. The quantitative estimate of drug-likeness (QED) is 0.806. The molecule has 0 spiro atoms. The molecule has 1 amide bonds. The molecular weight excluding hydrogens is 347 g/mol. The second kappa shape index (κ2) is 10.0. The molecular formula is C15H23Cl2F2N3O. The van der Waals surface area contributed by atoms with Gasteiger partial charge >= 0.3 is 0 Å². The highest BCUT2D eigenvalue weighted by Crippen LogP contribution is 2.24. The van der Waals surface area contributed by atoms with E-state index in [4.69, 9.17) is 0 Å². The number of halogens is 4. The van der Waals surface area contributed by atoms with Crippen molar-refractivity contribution in [2.24, 2.45) is 0 Å². The number of alkyl halides is 2. The highest BCUT2D eigenvalue weighted by atomic mass is 35.5. The zero-order chi connectivity index (χ0) is 15.3. The monoisotopic (exact) mass is 369 g/mol. The van der Waals surface area contributed by atoms with Crippen LogP contribution in [0.15, 0.2) is 30.3 Å². The summed E-state index contributed by atoms with van der Waals surface area (Å²) in [5.41, 5.74) is 1.20. The van der Waals surface area contributed by atoms with Gasteiger partial charge in [0, 0.05) is 26.1 Å². The SMILES string of the molecule is CN(CCNC(=O)C1CC(F)(F)CN1)Cc1ccccc1.Cl.Cl. The summed E-state index contributed by atoms with van der Waals surface area (Å²) in [4.78, 5) is 13.8. The lowest BCUT2D eigenvalue weighted by molar-refractivity contribution is -0.123. The third-order valence-corrected chi connectivity index (χ3v) is 3.51. The van der Waals surface area contributed by atoms with Crippen LogP contribution in [0.1, 0.15) is 12.0 Å². The third kappa shape index (κ3) is 7.44. The van der Waals surface area contributed by atoms with E-state index in [-0.39, 0.29) is 30.7 Å². The molecule has 2 N–H and O–H groups in total. The molecule has 23 heavy (non-hydrogen) atoms. The van der Waals surface area contributed by atoms with Crippen molar-refractivity contribution in [3.63, 3.8) is 0 Å². The van der Waals surface area contributed by atoms with Gasteiger partial charge in [0.05, 0.1) is 12.6 Å². The van der Waals surface area contributed by atoms with E-state index in [0.29, 0.717) is 13.1 Å². The van der Waals surface area contributed by atoms with Gasteiger partial charge in [0.1, 0.15) is 0 Å². The Kier molecular flexibility index (Phi) is 9.61. The molecule has 1 unspecified atom stereocenters. The van der Waals surface area contributed by atoms with Gasteiger partial charge in [-0.2, -0.15) is 0 Å². The normalized spacial score (nSPS) is 18.9. The van der Waals surface area contributed by atoms with Crippen molar-refractivity contribution in [3.05, 3.63) is 35.9 Å². The van der Waals surface area contributed by atoms with Gasteiger partial charge in [-0.15, -0.1) is 24.8 Å². The fraction of sp³-hybridized carbons (Fsp3) is 0.533. The number of carbonyl (C=O) groups is 1. The van der Waals surface area contributed by atoms with Crippen molar-refractivity contribution in [3.8, 4) is 0 Å². The van der Waals surface area contributed by atoms with Crippen molar-refractivity contribution >= 4 is 30.7 Å². The van der Waals surface area contributed by atoms with E-state index in [1.807, 2.05) is 37.4 Å². The summed E-state index contributed by atoms with van der Waals surface area (Å²) in [5, 5.41) is 5.25. The Morgan fingerprint density at radius 2 is 2.00 bits per heavy atom. The molecule has 1 atom stereocenters. The number of amides is 1. The van der Waals surface area contributed by atoms with E-state index in [0.717, 1.165) is 6.54 Å². The largest absolute Gasteiger partial charge is 0.353 e. The molecule has 132 valence electrons. The first-order chi connectivity index (χ1) is 9.96. The Labute approximate surface area is 147 Å². The average Bonchev–Trinajstić information content (AvgIpc) is 2.80. The van der Waals surface area contributed by atoms with Crippen LogP contribution in [0.4, 0.5) is 8.78 Å². The molecule has 0 aliphatic carbocycles. The van der Waals surface area contributed by atoms with Crippen LogP contribution in [0.2, 0.25) is 0 Å². The predicted octanol–water partition coefficient (Wildman–Crippen LogP) is 2.08. The lowest BCUT2D eigenvalue weighted by Gasteiger charge is -2.18. The van der Waals surface area contributed by atoms with Gasteiger partial charge in [-0.05, 0) is 12.6 Å². The van der Waals surface area contributed by atoms with Gasteiger partial charge < -0.3 is 10.2 Å². The van der Waals surface area contributed by atoms with Crippen LogP contribution < -0.4 is 10.6 Å². The van der Waals surface area contributed by atoms with Gasteiger partial charge in [-0.25, -0.2) is 8.78 Å². The minimum Gasteiger partial charge on any atom is -0.353 e. The molecule has 0 saturated carbocycles. The number of benzene rings is 1. The molecule has 1 aromatic rings. The Hall–Kier alpha value is -0.950. The molecule has 0 radical (unpaired) electrons. The molecule has 8 heteroatoms. The van der Waals surface area contributed by atoms with E-state index in [9.17, 15) is 13.6 Å². The summed E-state index contributed by atoms with van der Waals surface area (Å²) >= 11 is 0. The maximum Gasteiger partial charge on any atom is 0.262 e. The second-order valence-electron chi connectivity index (χ2n) is 5.51. The van der Waals surface area contributed by atoms with Crippen LogP contribution in [0.5, 0.6) is 0 Å². The predicted molar refractivity (Wildman–Crippen MR) is 91.6 cm³/mol. The van der Waals surface area contributed by atoms with Crippen molar-refractivity contribution < 1.29 is 13.6 Å². The molecule has 1 saturated heterocycles. The standard InChI is InChI=1S/C15H21F2N3O.2ClH/c1-20(10-12-5-3-2-4-6-12)8-7-18-14(21)13-9-15(16,17)11-19-13;;/h2-6,13,19H,7-11H2,1H3,(H,18,21);2*1H. The van der Waals surface area contributed by atoms with Gasteiger partial charge in [0.2, 0.25) is 5.91 Å². The molecule has 1 aromatic carbocycles. The minimum absolute atomic E-state index is 0. The molecule has 1 heterocycles. The van der Waals surface area contributed by atoms with Crippen LogP contribution in [-0.4, -0.2) is 49.5 Å². The first-order valence-corrected chi connectivity index (χ1v) is 7.08. The number of hydrogen-bond donors (Lipinski definition) is 2. The second-order valence-corrected chi connectivity index (χ2v) is 5.51. The molecule has 0 aromatic heterocycles. The number of rotatable bonds is 6. The van der Waals surface area contributed by atoms with Crippen LogP contribution in [-0.2, 0) is 11.3 Å². The number of nitrogens with one attached hydrogen (secondary N) is 2. The van der Waals surface area contributed by atoms with Crippen molar-refractivity contribution in [2.45, 2.75) is 24.9 Å². The maximum atomic E-state index is 13.0. The summed E-state index contributed by atoms with van der Waals surface area (Å²) in [6.07, 6.45) is -0.418. The van der Waals surface area contributed by atoms with Crippen LogP contribution in [0.25, 0.3) is 0 Å². The molecule has 1 aliphatic rings. The van der Waals surface area contributed by atoms with E-state index in [1.165, 1.54) is 5.56 Å². The van der Waals surface area contributed by atoms with Crippen LogP contribution >= 0.6 is 24.8 Å². The van der Waals surface area contributed by atoms with Crippen molar-refractivity contribution in [1.29, 1.82) is 0 Å². The summed E-state index contributed by atoms with van der Waals surface area (Å²) in [5.74, 6) is -3.12. The molecule has 2 rings (SSSR count). The van der Waals surface area contributed by atoms with Gasteiger partial charge in [0.25, 0.3) is 5.92 Å². The topological polar surface area (TPSA) is 44.4 Å². The van der Waals surface area contributed by atoms with E-state index in [1.54, 1.807) is 0 Å². The van der Waals surface area contributed by atoms with Crippen LogP contribution in [0, 0.1) is 0 Å². The number of carbonyl (C=O) groups excluding carboxylic acids is 1. The highest BCUT2D eigenvalue weighted by Gasteiger charge is 2.42. The first kappa shape index (κ1) is 22.1. The van der Waals surface area contributed by atoms with Gasteiger partial charge in [-0.1, -0.05) is 30.3 Å². The summed E-state index contributed by atoms with van der Waals surface area (Å²) in [6, 6.07) is 9.24. The molecule has 1 fully saturated rings. The van der Waals surface area contributed by atoms with E-state index < -0.39 is 24.9 Å². The lowest BCUT2D eigenvalue weighted by atomic mass is 10.2. The van der Waals surface area contributed by atoms with E-state index in [2.05, 4.69) is 15.5 Å². The number of likely N-dealkylation sites (N-methyl/N-ethyl adjacent to an activating group) is 1. The fourth-order valence-electron chi connectivity index (χ4n) is 2.37. The number of hydrogen-bond acceptors (Lipinski definition) is 3. The van der Waals surface area contributed by atoms with Crippen LogP contribution in [0.3, 0.4) is 0 Å². The van der Waals surface area contributed by atoms with Crippen molar-refractivity contribution in [1.82, 2.24) is 15.5 Å². The van der Waals surface area contributed by atoms with Gasteiger partial charge in [-0.3, -0.25) is 10.1 Å². The van der Waals surface area contributed by atoms with E-state index >= 15 is 0 Å². The van der Waals surface area contributed by atoms with Crippen molar-refractivity contribution in [2.75, 3.05) is 26.7 Å². The summed E-state index contributed by atoms with van der Waals surface area (Å²) < 4.78 is 26.0. The van der Waals surface area contributed by atoms with Gasteiger partial charge in [0.15, 0.2) is 0 Å². The minimum atomic E-state index is -2.77. The molecule has 1 aliphatic heterocycles. The zero-order valence-corrected chi connectivity index (χ0v) is 14.6. The highest BCUT2D eigenvalue weighted by molar-refractivity contribution is 5.85. The smallest absolute Gasteiger partial charge is 0.262 e. The Bertz CT molecular complexity index is 477. The molecule has 4 nitrogen and oxygen atoms in total. The lowest BCUT2D eigenvalue weighted by Crippen LogP contribution is -2.42.